The minimum atomic E-state index is -5.06. The van der Waals surface area contributed by atoms with Crippen LogP contribution in [0.25, 0.3) is 44.2 Å². The molecule has 0 amide bonds. The summed E-state index contributed by atoms with van der Waals surface area (Å²) in [6.07, 6.45) is 4.87. The van der Waals surface area contributed by atoms with Crippen LogP contribution in [0.3, 0.4) is 0 Å². The summed E-state index contributed by atoms with van der Waals surface area (Å²) in [4.78, 5) is 2.55. The van der Waals surface area contributed by atoms with Crippen molar-refractivity contribution in [3.63, 3.8) is 0 Å². The van der Waals surface area contributed by atoms with Gasteiger partial charge in [0.25, 0.3) is 0 Å². The molecule has 227 valence electrons. The molecule has 2 heterocycles. The topological polar surface area (TPSA) is 0 Å². The van der Waals surface area contributed by atoms with Crippen molar-refractivity contribution in [2.24, 2.45) is 0 Å². The van der Waals surface area contributed by atoms with Gasteiger partial charge in [0.2, 0.25) is 0 Å². The molecule has 2 aliphatic rings. The zero-order valence-electron chi connectivity index (χ0n) is 25.7. The SMILES string of the molecule is C[SiH](C)[Zr]([Cl])([Cl])([CH]1C(c2ccccc2)=Cc2c(-c3cccs3)cccc21)[CH]1C(c2ccccc2)=Cc2c(-c3cccs3)cccc21. The van der Waals surface area contributed by atoms with Crippen LogP contribution >= 0.6 is 39.7 Å². The first-order valence-corrected chi connectivity index (χ1v) is 33.9. The van der Waals surface area contributed by atoms with Gasteiger partial charge in [0, 0.05) is 0 Å². The first kappa shape index (κ1) is 30.8. The molecule has 2 aliphatic carbocycles. The van der Waals surface area contributed by atoms with Crippen molar-refractivity contribution in [3.05, 3.63) is 165 Å². The Bertz CT molecular complexity index is 1970. The average molecular weight is 768 g/mol. The second-order valence-electron chi connectivity index (χ2n) is 12.7. The molecule has 2 unspecified atom stereocenters. The fraction of sp³-hybridized carbons (Fsp3) is 0.100. The number of fused-ring (bicyclic) bond motifs is 2. The van der Waals surface area contributed by atoms with E-state index in [1.165, 1.54) is 65.4 Å². The van der Waals surface area contributed by atoms with E-state index in [0.717, 1.165) is 0 Å². The van der Waals surface area contributed by atoms with Gasteiger partial charge in [0.1, 0.15) is 0 Å². The van der Waals surface area contributed by atoms with Gasteiger partial charge in [-0.05, 0) is 0 Å². The molecule has 0 radical (unpaired) electrons. The number of rotatable bonds is 7. The van der Waals surface area contributed by atoms with Crippen molar-refractivity contribution in [2.75, 3.05) is 0 Å². The standard InChI is InChI=1S/2C19H13S.C2H7Si.2ClH.Zr/c2*1-2-6-14(7-3-1)16-12-15-8-4-9-17(18(15)13-16)19-10-5-11-20-19;1-3-2;;;/h2*1-13H;3H,1-2H3;2*1H;/q;;;;;+2/p-2. The Balaban J connectivity index is 1.43. The van der Waals surface area contributed by atoms with Crippen molar-refractivity contribution < 1.29 is 15.6 Å². The molecule has 0 spiro atoms. The molecule has 4 aromatic carbocycles. The van der Waals surface area contributed by atoms with Gasteiger partial charge in [-0.2, -0.15) is 0 Å². The van der Waals surface area contributed by atoms with E-state index in [9.17, 15) is 0 Å². The van der Waals surface area contributed by atoms with Crippen LogP contribution in [-0.2, 0) is 15.6 Å². The van der Waals surface area contributed by atoms with Crippen LogP contribution in [0, 0.1) is 0 Å². The molecule has 0 bridgehead atoms. The maximum absolute atomic E-state index is 8.80. The van der Waals surface area contributed by atoms with Gasteiger partial charge in [-0.1, -0.05) is 0 Å². The van der Waals surface area contributed by atoms with Crippen LogP contribution in [0.1, 0.15) is 40.6 Å². The Morgan fingerprint density at radius 2 is 0.957 bits per heavy atom. The molecule has 2 aromatic heterocycles. The third-order valence-corrected chi connectivity index (χ3v) is 63.5. The summed E-state index contributed by atoms with van der Waals surface area (Å²) in [7, 11) is 17.6. The van der Waals surface area contributed by atoms with Crippen molar-refractivity contribution in [2.45, 2.75) is 20.3 Å². The van der Waals surface area contributed by atoms with Crippen molar-refractivity contribution in [3.8, 4) is 20.9 Å². The van der Waals surface area contributed by atoms with E-state index in [4.69, 9.17) is 17.0 Å². The molecule has 0 fully saturated rings. The van der Waals surface area contributed by atoms with Crippen molar-refractivity contribution in [1.82, 2.24) is 0 Å². The van der Waals surface area contributed by atoms with E-state index in [1.54, 1.807) is 22.7 Å². The Labute approximate surface area is 288 Å². The van der Waals surface area contributed by atoms with Gasteiger partial charge in [0.15, 0.2) is 0 Å². The fourth-order valence-corrected chi connectivity index (χ4v) is 39.5. The van der Waals surface area contributed by atoms with Crippen molar-refractivity contribution in [1.29, 1.82) is 0 Å². The number of hydrogen-bond donors (Lipinski definition) is 0. The maximum atomic E-state index is 8.80. The van der Waals surface area contributed by atoms with Gasteiger partial charge in [-0.15, -0.1) is 0 Å². The van der Waals surface area contributed by atoms with Gasteiger partial charge in [0.05, 0.1) is 0 Å². The number of benzene rings is 4. The zero-order chi connectivity index (χ0) is 31.5. The van der Waals surface area contributed by atoms with Crippen LogP contribution in [0.5, 0.6) is 0 Å². The monoisotopic (exact) mass is 765 g/mol. The molecule has 46 heavy (non-hydrogen) atoms. The molecule has 2 atom stereocenters. The second-order valence-corrected chi connectivity index (χ2v) is 57.2. The number of halogens is 2. The predicted molar refractivity (Wildman–Crippen MR) is 204 cm³/mol. The fourth-order valence-electron chi connectivity index (χ4n) is 7.88. The molecular formula is C40H33Cl2S2SiZr. The first-order valence-electron chi connectivity index (χ1n) is 15.8. The van der Waals surface area contributed by atoms with Crippen LogP contribution in [0.2, 0.25) is 13.1 Å². The van der Waals surface area contributed by atoms with Gasteiger partial charge >= 0.3 is 291 Å². The molecule has 0 saturated carbocycles. The average Bonchev–Trinajstić information content (AvgIpc) is 3.90. The molecule has 6 heteroatoms. The van der Waals surface area contributed by atoms with Gasteiger partial charge in [-0.25, -0.2) is 0 Å². The number of allylic oxidation sites excluding steroid dienone is 2. The summed E-state index contributed by atoms with van der Waals surface area (Å²) >= 11 is -1.48. The molecule has 0 aliphatic heterocycles. The van der Waals surface area contributed by atoms with E-state index < -0.39 is 21.5 Å². The van der Waals surface area contributed by atoms with Crippen molar-refractivity contribution >= 4 is 68.9 Å². The quantitative estimate of drug-likeness (QED) is 0.142. The van der Waals surface area contributed by atoms with Crippen LogP contribution in [0.15, 0.2) is 132 Å². The first-order chi connectivity index (χ1) is 22.4. The number of hydrogen-bond acceptors (Lipinski definition) is 2. The molecule has 0 saturated heterocycles. The van der Waals surface area contributed by atoms with E-state index in [0.29, 0.717) is 0 Å². The van der Waals surface area contributed by atoms with Gasteiger partial charge in [-0.3, -0.25) is 0 Å². The van der Waals surface area contributed by atoms with Crippen LogP contribution in [0.4, 0.5) is 0 Å². The predicted octanol–water partition coefficient (Wildman–Crippen LogP) is 13.0. The van der Waals surface area contributed by atoms with Crippen LogP contribution in [-0.4, -0.2) is 5.92 Å². The Morgan fingerprint density at radius 1 is 0.522 bits per heavy atom. The molecule has 0 N–H and O–H groups in total. The Kier molecular flexibility index (Phi) is 7.92. The molecular weight excluding hydrogens is 735 g/mol. The minimum absolute atomic E-state index is 0.0396. The summed E-state index contributed by atoms with van der Waals surface area (Å²) in [5.74, 6) is -1.75. The van der Waals surface area contributed by atoms with Gasteiger partial charge < -0.3 is 0 Å². The van der Waals surface area contributed by atoms with E-state index in [-0.39, 0.29) is 7.25 Å². The molecule has 8 rings (SSSR count). The summed E-state index contributed by atoms with van der Waals surface area (Å²) in [5.41, 5.74) is 12.7. The van der Waals surface area contributed by atoms with E-state index in [1.807, 2.05) is 0 Å². The summed E-state index contributed by atoms with van der Waals surface area (Å²) < 4.78 is -0.0792. The second kappa shape index (κ2) is 11.8. The summed E-state index contributed by atoms with van der Waals surface area (Å²) in [5, 5.41) is 4.32. The molecule has 0 nitrogen and oxygen atoms in total. The normalized spacial score (nSPS) is 18.1. The summed E-state index contributed by atoms with van der Waals surface area (Å²) in [6.45, 7) is 4.86. The summed E-state index contributed by atoms with van der Waals surface area (Å²) in [6, 6.07) is 44.1. The molecule has 6 aromatic rings. The third-order valence-electron chi connectivity index (χ3n) is 10.1. The number of thiophene rings is 2. The van der Waals surface area contributed by atoms with E-state index in [2.05, 4.69) is 157 Å². The van der Waals surface area contributed by atoms with Crippen LogP contribution < -0.4 is 0 Å². The third kappa shape index (κ3) is 4.75. The zero-order valence-corrected chi connectivity index (χ0v) is 32.4. The Morgan fingerprint density at radius 3 is 1.33 bits per heavy atom. The van der Waals surface area contributed by atoms with E-state index >= 15 is 0 Å². The Hall–Kier alpha value is -2.56.